The molecule has 0 saturated carbocycles. The van der Waals surface area contributed by atoms with Crippen LogP contribution in [0.15, 0.2) is 22.7 Å². The van der Waals surface area contributed by atoms with Crippen molar-refractivity contribution in [2.45, 2.75) is 45.7 Å². The summed E-state index contributed by atoms with van der Waals surface area (Å²) >= 11 is 3.47. The Morgan fingerprint density at radius 1 is 1.35 bits per heavy atom. The van der Waals surface area contributed by atoms with E-state index in [2.05, 4.69) is 48.6 Å². The van der Waals surface area contributed by atoms with Gasteiger partial charge in [-0.15, -0.1) is 0 Å². The van der Waals surface area contributed by atoms with Gasteiger partial charge in [0.1, 0.15) is 5.75 Å². The van der Waals surface area contributed by atoms with Crippen molar-refractivity contribution in [1.29, 1.82) is 0 Å². The zero-order chi connectivity index (χ0) is 15.3. The zero-order valence-electron chi connectivity index (χ0n) is 12.9. The Kier molecular flexibility index (Phi) is 7.00. The molecule has 0 fully saturated rings. The molecule has 1 aromatic rings. The minimum Gasteiger partial charge on any atom is -0.508 e. The lowest BCUT2D eigenvalue weighted by Crippen LogP contribution is -2.33. The van der Waals surface area contributed by atoms with Crippen LogP contribution < -0.4 is 5.73 Å². The molecule has 4 heteroatoms. The largest absolute Gasteiger partial charge is 0.508 e. The predicted molar refractivity (Wildman–Crippen MR) is 88.9 cm³/mol. The topological polar surface area (TPSA) is 49.5 Å². The van der Waals surface area contributed by atoms with Gasteiger partial charge in [0.2, 0.25) is 0 Å². The van der Waals surface area contributed by atoms with Crippen LogP contribution in [-0.4, -0.2) is 29.6 Å². The Morgan fingerprint density at radius 2 is 2.00 bits per heavy atom. The minimum absolute atomic E-state index is 0.215. The lowest BCUT2D eigenvalue weighted by atomic mass is 9.99. The summed E-state index contributed by atoms with van der Waals surface area (Å²) in [7, 11) is 2.10. The molecule has 2 unspecified atom stereocenters. The maximum atomic E-state index is 10.1. The number of aromatic hydroxyl groups is 1. The van der Waals surface area contributed by atoms with E-state index in [1.54, 1.807) is 6.07 Å². The third-order valence-electron chi connectivity index (χ3n) is 3.94. The molecule has 20 heavy (non-hydrogen) atoms. The molecule has 114 valence electrons. The van der Waals surface area contributed by atoms with Crippen LogP contribution in [0, 0.1) is 5.92 Å². The van der Waals surface area contributed by atoms with Gasteiger partial charge in [-0.1, -0.05) is 36.7 Å². The van der Waals surface area contributed by atoms with Gasteiger partial charge in [-0.3, -0.25) is 4.90 Å². The first-order valence-electron chi connectivity index (χ1n) is 7.31. The summed E-state index contributed by atoms with van der Waals surface area (Å²) in [5, 5.41) is 10.1. The third kappa shape index (κ3) is 4.76. The second-order valence-corrected chi connectivity index (χ2v) is 6.72. The standard InChI is InChI=1S/C16H27BrN2O/c1-5-15(13-10-12(17)6-7-16(13)20)19(4)9-8-14(18)11(2)3/h6-7,10-11,14-15,20H,5,8-9,18H2,1-4H3. The molecule has 0 radical (unpaired) electrons. The maximum absolute atomic E-state index is 10.1. The van der Waals surface area contributed by atoms with Crippen molar-refractivity contribution < 1.29 is 5.11 Å². The van der Waals surface area contributed by atoms with Gasteiger partial charge in [0.05, 0.1) is 0 Å². The Balaban J connectivity index is 2.77. The molecule has 0 aromatic heterocycles. The average molecular weight is 343 g/mol. The van der Waals surface area contributed by atoms with Gasteiger partial charge in [-0.05, 0) is 50.6 Å². The van der Waals surface area contributed by atoms with E-state index in [0.29, 0.717) is 11.7 Å². The molecule has 3 nitrogen and oxygen atoms in total. The molecule has 1 aromatic carbocycles. The molecular weight excluding hydrogens is 316 g/mol. The van der Waals surface area contributed by atoms with Gasteiger partial charge < -0.3 is 10.8 Å². The number of hydrogen-bond acceptors (Lipinski definition) is 3. The van der Waals surface area contributed by atoms with E-state index in [4.69, 9.17) is 5.73 Å². The van der Waals surface area contributed by atoms with Crippen LogP contribution in [0.25, 0.3) is 0 Å². The fourth-order valence-corrected chi connectivity index (χ4v) is 2.78. The summed E-state index contributed by atoms with van der Waals surface area (Å²) in [4.78, 5) is 2.28. The van der Waals surface area contributed by atoms with Crippen molar-refractivity contribution >= 4 is 15.9 Å². The summed E-state index contributed by atoms with van der Waals surface area (Å²) in [6, 6.07) is 6.05. The van der Waals surface area contributed by atoms with Crippen LogP contribution in [-0.2, 0) is 0 Å². The van der Waals surface area contributed by atoms with Crippen molar-refractivity contribution in [3.8, 4) is 5.75 Å². The van der Waals surface area contributed by atoms with Gasteiger partial charge in [-0.2, -0.15) is 0 Å². The van der Waals surface area contributed by atoms with E-state index in [1.165, 1.54) is 0 Å². The molecule has 1 rings (SSSR count). The van der Waals surface area contributed by atoms with E-state index in [0.717, 1.165) is 29.4 Å². The summed E-state index contributed by atoms with van der Waals surface area (Å²) in [6.45, 7) is 7.39. The Hall–Kier alpha value is -0.580. The van der Waals surface area contributed by atoms with Gasteiger partial charge >= 0.3 is 0 Å². The Bertz CT molecular complexity index is 423. The number of phenolic OH excluding ortho intramolecular Hbond substituents is 1. The second kappa shape index (κ2) is 8.01. The van der Waals surface area contributed by atoms with Gasteiger partial charge in [0.25, 0.3) is 0 Å². The number of phenols is 1. The first-order valence-corrected chi connectivity index (χ1v) is 8.10. The monoisotopic (exact) mass is 342 g/mol. The Morgan fingerprint density at radius 3 is 2.55 bits per heavy atom. The second-order valence-electron chi connectivity index (χ2n) is 5.80. The zero-order valence-corrected chi connectivity index (χ0v) is 14.5. The quantitative estimate of drug-likeness (QED) is 0.789. The van der Waals surface area contributed by atoms with Crippen molar-refractivity contribution in [2.24, 2.45) is 11.7 Å². The summed E-state index contributed by atoms with van der Waals surface area (Å²) in [5.74, 6) is 0.864. The molecule has 0 amide bonds. The fraction of sp³-hybridized carbons (Fsp3) is 0.625. The van der Waals surface area contributed by atoms with Gasteiger partial charge in [0.15, 0.2) is 0 Å². The minimum atomic E-state index is 0.215. The molecule has 0 aliphatic carbocycles. The molecule has 2 atom stereocenters. The van der Waals surface area contributed by atoms with Crippen LogP contribution >= 0.6 is 15.9 Å². The number of halogens is 1. The van der Waals surface area contributed by atoms with E-state index in [-0.39, 0.29) is 12.1 Å². The molecule has 0 aliphatic rings. The van der Waals surface area contributed by atoms with E-state index >= 15 is 0 Å². The molecule has 0 bridgehead atoms. The average Bonchev–Trinajstić information content (AvgIpc) is 2.40. The molecule has 0 spiro atoms. The molecule has 0 heterocycles. The highest BCUT2D eigenvalue weighted by Gasteiger charge is 2.19. The van der Waals surface area contributed by atoms with Crippen molar-refractivity contribution in [2.75, 3.05) is 13.6 Å². The van der Waals surface area contributed by atoms with Gasteiger partial charge in [-0.25, -0.2) is 0 Å². The van der Waals surface area contributed by atoms with Crippen LogP contribution in [0.3, 0.4) is 0 Å². The lowest BCUT2D eigenvalue weighted by Gasteiger charge is -2.29. The smallest absolute Gasteiger partial charge is 0.120 e. The van der Waals surface area contributed by atoms with E-state index in [1.807, 2.05) is 12.1 Å². The number of nitrogens with zero attached hydrogens (tertiary/aromatic N) is 1. The lowest BCUT2D eigenvalue weighted by molar-refractivity contribution is 0.220. The number of benzene rings is 1. The van der Waals surface area contributed by atoms with Gasteiger partial charge in [0, 0.05) is 22.1 Å². The first-order chi connectivity index (χ1) is 9.36. The highest BCUT2D eigenvalue weighted by atomic mass is 79.9. The summed E-state index contributed by atoms with van der Waals surface area (Å²) in [5.41, 5.74) is 7.09. The predicted octanol–water partition coefficient (Wildman–Crippen LogP) is 3.91. The van der Waals surface area contributed by atoms with Crippen LogP contribution in [0.2, 0.25) is 0 Å². The first kappa shape index (κ1) is 17.5. The van der Waals surface area contributed by atoms with Crippen LogP contribution in [0.5, 0.6) is 5.75 Å². The Labute approximate surface area is 131 Å². The van der Waals surface area contributed by atoms with Crippen molar-refractivity contribution in [3.63, 3.8) is 0 Å². The van der Waals surface area contributed by atoms with Crippen molar-refractivity contribution in [3.05, 3.63) is 28.2 Å². The molecular formula is C16H27BrN2O. The highest BCUT2D eigenvalue weighted by molar-refractivity contribution is 9.10. The molecule has 0 aliphatic heterocycles. The number of rotatable bonds is 7. The summed E-state index contributed by atoms with van der Waals surface area (Å²) in [6.07, 6.45) is 1.93. The van der Waals surface area contributed by atoms with E-state index < -0.39 is 0 Å². The van der Waals surface area contributed by atoms with Crippen molar-refractivity contribution in [1.82, 2.24) is 4.90 Å². The molecule has 0 saturated heterocycles. The summed E-state index contributed by atoms with van der Waals surface area (Å²) < 4.78 is 0.996. The maximum Gasteiger partial charge on any atom is 0.120 e. The van der Waals surface area contributed by atoms with Crippen LogP contribution in [0.4, 0.5) is 0 Å². The highest BCUT2D eigenvalue weighted by Crippen LogP contribution is 2.32. The number of nitrogens with two attached hydrogens (primary N) is 1. The SMILES string of the molecule is CCC(c1cc(Br)ccc1O)N(C)CCC(N)C(C)C. The fourth-order valence-electron chi connectivity index (χ4n) is 2.40. The number of hydrogen-bond donors (Lipinski definition) is 2. The normalized spacial score (nSPS) is 14.8. The van der Waals surface area contributed by atoms with E-state index in [9.17, 15) is 5.11 Å². The third-order valence-corrected chi connectivity index (χ3v) is 4.43. The molecule has 3 N–H and O–H groups in total. The van der Waals surface area contributed by atoms with Crippen LogP contribution in [0.1, 0.15) is 45.2 Å².